The van der Waals surface area contributed by atoms with Gasteiger partial charge >= 0.3 is 6.09 Å². The Bertz CT molecular complexity index is 850. The molecule has 9 nitrogen and oxygen atoms in total. The Balaban J connectivity index is 0.00000300. The second-order valence-electron chi connectivity index (χ2n) is 7.26. The number of carbonyl (C=O) groups is 1. The number of carbonyl (C=O) groups excluding carboxylic acids is 1. The molecule has 0 bridgehead atoms. The number of halogens is 1. The van der Waals surface area contributed by atoms with Crippen LogP contribution < -0.4 is 14.4 Å². The summed E-state index contributed by atoms with van der Waals surface area (Å²) >= 11 is 0. The zero-order chi connectivity index (χ0) is 20.3. The van der Waals surface area contributed by atoms with Crippen LogP contribution in [0.3, 0.4) is 0 Å². The van der Waals surface area contributed by atoms with E-state index in [0.717, 1.165) is 16.7 Å². The second kappa shape index (κ2) is 9.32. The summed E-state index contributed by atoms with van der Waals surface area (Å²) in [5.74, 6) is 2.01. The van der Waals surface area contributed by atoms with Gasteiger partial charge in [-0.05, 0) is 19.9 Å². The van der Waals surface area contributed by atoms with E-state index < -0.39 is 11.7 Å². The number of fused-ring (bicyclic) bond motifs is 1. The van der Waals surface area contributed by atoms with E-state index in [1.807, 2.05) is 12.1 Å². The molecule has 0 atom stereocenters. The zero-order valence-electron chi connectivity index (χ0n) is 17.0. The fraction of sp³-hybridized carbons (Fsp3) is 0.526. The molecule has 1 aliphatic heterocycles. The molecule has 1 aromatic heterocycles. The molecule has 2 heterocycles. The van der Waals surface area contributed by atoms with Crippen LogP contribution in [0.2, 0.25) is 0 Å². The highest BCUT2D eigenvalue weighted by Gasteiger charge is 2.26. The van der Waals surface area contributed by atoms with Crippen molar-refractivity contribution in [3.05, 3.63) is 18.5 Å². The van der Waals surface area contributed by atoms with E-state index >= 15 is 0 Å². The maximum atomic E-state index is 12.2. The monoisotopic (exact) mass is 426 g/mol. The van der Waals surface area contributed by atoms with Crippen LogP contribution in [0.5, 0.6) is 11.5 Å². The normalized spacial score (nSPS) is 14.4. The molecule has 1 fully saturated rings. The van der Waals surface area contributed by atoms with Gasteiger partial charge in [-0.1, -0.05) is 0 Å². The van der Waals surface area contributed by atoms with Crippen LogP contribution >= 0.6 is 12.4 Å². The number of methoxy groups -OCH3 is 2. The fourth-order valence-electron chi connectivity index (χ4n) is 3.05. The lowest BCUT2D eigenvalue weighted by Crippen LogP contribution is -2.49. The van der Waals surface area contributed by atoms with E-state index in [1.165, 1.54) is 6.33 Å². The minimum absolute atomic E-state index is 0. The van der Waals surface area contributed by atoms with Gasteiger partial charge in [-0.2, -0.15) is 0 Å². The molecule has 0 spiro atoms. The highest BCUT2D eigenvalue weighted by molar-refractivity contribution is 5.92. The Morgan fingerprint density at radius 2 is 1.72 bits per heavy atom. The van der Waals surface area contributed by atoms with Gasteiger partial charge in [0.1, 0.15) is 18.8 Å². The van der Waals surface area contributed by atoms with E-state index in [0.29, 0.717) is 37.7 Å². The lowest BCUT2D eigenvalue weighted by molar-refractivity contribution is -0.00414. The molecular formula is C19H27ClN4O5. The molecule has 0 radical (unpaired) electrons. The number of amides is 1. The Morgan fingerprint density at radius 3 is 2.31 bits per heavy atom. The van der Waals surface area contributed by atoms with Crippen molar-refractivity contribution in [3.63, 3.8) is 0 Å². The lowest BCUT2D eigenvalue weighted by atomic mass is 10.2. The third kappa shape index (κ3) is 5.30. The first-order valence-electron chi connectivity index (χ1n) is 9.08. The van der Waals surface area contributed by atoms with E-state index in [-0.39, 0.29) is 19.0 Å². The summed E-state index contributed by atoms with van der Waals surface area (Å²) in [5.41, 5.74) is -0.285. The number of hydrogen-bond acceptors (Lipinski definition) is 8. The zero-order valence-corrected chi connectivity index (χ0v) is 17.9. The summed E-state index contributed by atoms with van der Waals surface area (Å²) in [4.78, 5) is 24.7. The molecule has 29 heavy (non-hydrogen) atoms. The number of aromatic nitrogens is 2. The maximum Gasteiger partial charge on any atom is 0.409 e. The van der Waals surface area contributed by atoms with Crippen LogP contribution in [0.15, 0.2) is 18.5 Å². The third-order valence-electron chi connectivity index (χ3n) is 4.51. The van der Waals surface area contributed by atoms with Gasteiger partial charge in [0.25, 0.3) is 0 Å². The molecule has 1 aliphatic rings. The largest absolute Gasteiger partial charge is 0.493 e. The van der Waals surface area contributed by atoms with Crippen molar-refractivity contribution in [3.8, 4) is 11.5 Å². The van der Waals surface area contributed by atoms with E-state index in [4.69, 9.17) is 14.2 Å². The Kier molecular flexibility index (Phi) is 7.32. The van der Waals surface area contributed by atoms with Gasteiger partial charge in [-0.15, -0.1) is 12.4 Å². The van der Waals surface area contributed by atoms with Crippen LogP contribution in [0.4, 0.5) is 10.6 Å². The van der Waals surface area contributed by atoms with Crippen molar-refractivity contribution in [2.75, 3.05) is 51.9 Å². The molecule has 0 saturated carbocycles. The fourth-order valence-corrected chi connectivity index (χ4v) is 3.05. The van der Waals surface area contributed by atoms with Crippen LogP contribution in [0, 0.1) is 0 Å². The molecule has 1 amide bonds. The van der Waals surface area contributed by atoms with Gasteiger partial charge < -0.3 is 29.1 Å². The topological polar surface area (TPSA) is 97.3 Å². The van der Waals surface area contributed by atoms with Gasteiger partial charge in [-0.3, -0.25) is 0 Å². The molecule has 160 valence electrons. The first-order valence-corrected chi connectivity index (χ1v) is 9.08. The minimum atomic E-state index is -1.04. The van der Waals surface area contributed by atoms with Crippen LogP contribution in [0.1, 0.15) is 13.8 Å². The average molecular weight is 427 g/mol. The Hall–Kier alpha value is -2.52. The predicted octanol–water partition coefficient (Wildman–Crippen LogP) is 2.10. The van der Waals surface area contributed by atoms with E-state index in [2.05, 4.69) is 14.9 Å². The van der Waals surface area contributed by atoms with Gasteiger partial charge in [0, 0.05) is 37.6 Å². The van der Waals surface area contributed by atoms with Crippen molar-refractivity contribution in [1.82, 2.24) is 14.9 Å². The molecule has 2 aromatic rings. The van der Waals surface area contributed by atoms with Crippen molar-refractivity contribution >= 4 is 35.2 Å². The Morgan fingerprint density at radius 1 is 1.10 bits per heavy atom. The molecule has 3 rings (SSSR count). The predicted molar refractivity (Wildman–Crippen MR) is 111 cm³/mol. The summed E-state index contributed by atoms with van der Waals surface area (Å²) in [7, 11) is 3.17. The first kappa shape index (κ1) is 22.8. The van der Waals surface area contributed by atoms with Gasteiger partial charge in [0.05, 0.1) is 25.3 Å². The highest BCUT2D eigenvalue weighted by atomic mass is 35.5. The molecular weight excluding hydrogens is 400 g/mol. The first-order chi connectivity index (χ1) is 13.3. The van der Waals surface area contributed by atoms with Gasteiger partial charge in [0.2, 0.25) is 0 Å². The number of ether oxygens (including phenoxy) is 3. The molecule has 0 unspecified atom stereocenters. The summed E-state index contributed by atoms with van der Waals surface area (Å²) in [6.07, 6.45) is 1.11. The quantitative estimate of drug-likeness (QED) is 0.776. The number of nitrogens with zero attached hydrogens (tertiary/aromatic N) is 4. The van der Waals surface area contributed by atoms with Gasteiger partial charge in [-0.25, -0.2) is 14.8 Å². The third-order valence-corrected chi connectivity index (χ3v) is 4.51. The smallest absolute Gasteiger partial charge is 0.409 e. The number of rotatable bonds is 5. The summed E-state index contributed by atoms with van der Waals surface area (Å²) in [6.45, 7) is 5.39. The van der Waals surface area contributed by atoms with Gasteiger partial charge in [0.15, 0.2) is 11.5 Å². The van der Waals surface area contributed by atoms with Crippen LogP contribution in [-0.4, -0.2) is 78.7 Å². The van der Waals surface area contributed by atoms with E-state index in [1.54, 1.807) is 33.0 Å². The van der Waals surface area contributed by atoms with Crippen molar-refractivity contribution < 1.29 is 24.1 Å². The lowest BCUT2D eigenvalue weighted by Gasteiger charge is -2.35. The number of piperazine rings is 1. The molecule has 10 heteroatoms. The number of aliphatic hydroxyl groups is 1. The second-order valence-corrected chi connectivity index (χ2v) is 7.26. The molecule has 0 aliphatic carbocycles. The number of anilines is 1. The molecule has 1 aromatic carbocycles. The summed E-state index contributed by atoms with van der Waals surface area (Å²) in [5, 5.41) is 10.6. The van der Waals surface area contributed by atoms with Crippen LogP contribution in [0.25, 0.3) is 10.9 Å². The summed E-state index contributed by atoms with van der Waals surface area (Å²) in [6, 6.07) is 3.69. The Labute approximate surface area is 176 Å². The van der Waals surface area contributed by atoms with E-state index in [9.17, 15) is 9.90 Å². The van der Waals surface area contributed by atoms with Crippen molar-refractivity contribution in [2.24, 2.45) is 0 Å². The van der Waals surface area contributed by atoms with Crippen LogP contribution in [-0.2, 0) is 4.74 Å². The summed E-state index contributed by atoms with van der Waals surface area (Å²) < 4.78 is 15.9. The van der Waals surface area contributed by atoms with Crippen molar-refractivity contribution in [1.29, 1.82) is 0 Å². The minimum Gasteiger partial charge on any atom is -0.493 e. The average Bonchev–Trinajstić information content (AvgIpc) is 2.70. The molecule has 1 saturated heterocycles. The SMILES string of the molecule is COc1cc2ncnc(N3CCN(C(=O)OCC(C)(C)O)CC3)c2cc1OC.Cl. The van der Waals surface area contributed by atoms with Crippen molar-refractivity contribution in [2.45, 2.75) is 19.4 Å². The standard InChI is InChI=1S/C19H26N4O5.ClH/c1-19(2,25)11-28-18(24)23-7-5-22(6-8-23)17-13-9-15(26-3)16(27-4)10-14(13)20-12-21-17;/h9-10,12,25H,5-8,11H2,1-4H3;1H. The number of hydrogen-bond donors (Lipinski definition) is 1. The highest BCUT2D eigenvalue weighted by Crippen LogP contribution is 2.34. The molecule has 1 N–H and O–H groups in total. The number of benzene rings is 1. The maximum absolute atomic E-state index is 12.2.